The monoisotopic (exact) mass is 99.0 g/mol. The molecule has 0 saturated carbocycles. The van der Waals surface area contributed by atoms with Crippen molar-refractivity contribution in [3.8, 4) is 0 Å². The second-order valence-electron chi connectivity index (χ2n) is 0.558. The van der Waals surface area contributed by atoms with Crippen molar-refractivity contribution in [2.24, 2.45) is 0 Å². The number of hydrogen-bond acceptors (Lipinski definition) is 3. The summed E-state index contributed by atoms with van der Waals surface area (Å²) in [4.78, 5) is 0. The summed E-state index contributed by atoms with van der Waals surface area (Å²) in [7, 11) is -3.82. The van der Waals surface area contributed by atoms with Crippen LogP contribution in [0.5, 0.6) is 0 Å². The molecule has 0 saturated heterocycles. The van der Waals surface area contributed by atoms with Gasteiger partial charge in [0.15, 0.2) is 0 Å². The lowest BCUT2D eigenvalue weighted by atomic mass is 12.0. The molecule has 0 amide bonds. The Labute approximate surface area is 33.3 Å². The van der Waals surface area contributed by atoms with Gasteiger partial charge < -0.3 is 0 Å². The molecular formula is CH4O3S. The fourth-order valence-corrected chi connectivity index (χ4v) is 0. The number of rotatable bonds is 1. The molecule has 0 bridgehead atoms. The predicted molar refractivity (Wildman–Crippen MR) is 17.5 cm³/mol. The molecule has 0 aromatic heterocycles. The lowest BCUT2D eigenvalue weighted by Crippen LogP contribution is -1.88. The van der Waals surface area contributed by atoms with Crippen molar-refractivity contribution in [3.63, 3.8) is 0 Å². The Balaban J connectivity index is 3.89. The maximum absolute atomic E-state index is 9.77. The van der Waals surface area contributed by atoms with E-state index in [1.807, 2.05) is 0 Å². The van der Waals surface area contributed by atoms with E-state index in [0.29, 0.717) is 0 Å². The summed E-state index contributed by atoms with van der Waals surface area (Å²) in [6.07, 6.45) is -0.892. The zero-order chi connectivity index (χ0) is 5.91. The van der Waals surface area contributed by atoms with Crippen LogP contribution in [0, 0.1) is 0 Å². The van der Waals surface area contributed by atoms with Crippen LogP contribution in [-0.2, 0) is 10.1 Å². The van der Waals surface area contributed by atoms with Gasteiger partial charge in [0.05, 0.1) is 6.23 Å². The van der Waals surface area contributed by atoms with Crippen LogP contribution < -0.4 is 0 Å². The quantitative estimate of drug-likeness (QED) is 0.451. The van der Waals surface area contributed by atoms with E-state index >= 15 is 0 Å². The second kappa shape index (κ2) is 0.948. The van der Waals surface area contributed by atoms with Gasteiger partial charge in [0.2, 0.25) is 1.43 Å². The van der Waals surface area contributed by atoms with Crippen LogP contribution in [-0.4, -0.2) is 19.2 Å². The highest BCUT2D eigenvalue weighted by atomic mass is 32.2. The maximum Gasteiger partial charge on any atom is 0.261 e. The van der Waals surface area contributed by atoms with Gasteiger partial charge in [-0.15, -0.1) is 0 Å². The van der Waals surface area contributed by atoms with Gasteiger partial charge in [0, 0.05) is 1.37 Å². The normalized spacial score (nSPS) is 16.8. The van der Waals surface area contributed by atoms with E-state index in [2.05, 4.69) is 4.56 Å². The van der Waals surface area contributed by atoms with E-state index in [4.69, 9.17) is 2.80 Å². The molecule has 0 rings (SSSR count). The minimum absolute atomic E-state index is 0.892. The fraction of sp³-hybridized carbons (Fsp3) is 1.00. The van der Waals surface area contributed by atoms with Crippen LogP contribution >= 0.6 is 0 Å². The van der Waals surface area contributed by atoms with E-state index in [1.54, 1.807) is 0 Å². The van der Waals surface area contributed by atoms with Crippen molar-refractivity contribution in [2.45, 2.75) is 0 Å². The summed E-state index contributed by atoms with van der Waals surface area (Å²) in [5, 5.41) is 0. The van der Waals surface area contributed by atoms with E-state index in [1.165, 1.54) is 0 Å². The smallest absolute Gasteiger partial charge is 0.261 e. The SMILES string of the molecule is [2H]CS(=O)(=O)O[3H]. The first kappa shape index (κ1) is 2.15. The van der Waals surface area contributed by atoms with Crippen molar-refractivity contribution in [1.82, 2.24) is 0 Å². The second-order valence-corrected chi connectivity index (χ2v) is 1.67. The van der Waals surface area contributed by atoms with Crippen LogP contribution in [0.2, 0.25) is 0 Å². The average Bonchev–Trinajstić information content (AvgIpc) is 1.68. The molecule has 0 atom stereocenters. The summed E-state index contributed by atoms with van der Waals surface area (Å²) in [6.45, 7) is 0. The largest absolute Gasteiger partial charge is 0.286 e. The molecule has 0 heterocycles. The molecule has 3 nitrogen and oxygen atoms in total. The molecule has 0 aromatic carbocycles. The summed E-state index contributed by atoms with van der Waals surface area (Å²) in [6, 6.07) is 0. The van der Waals surface area contributed by atoms with Gasteiger partial charge in [-0.1, -0.05) is 0 Å². The van der Waals surface area contributed by atoms with E-state index in [0.717, 1.165) is 0 Å². The Hall–Kier alpha value is -0.0900. The first-order valence-corrected chi connectivity index (χ1v) is 2.37. The molecule has 32 valence electrons. The molecular weight excluding hydrogens is 92.1 g/mol. The molecule has 0 fully saturated rings. The molecule has 0 aliphatic heterocycles. The molecule has 0 aromatic rings. The van der Waals surface area contributed by atoms with E-state index in [9.17, 15) is 8.42 Å². The van der Waals surface area contributed by atoms with Crippen LogP contribution in [0.3, 0.4) is 0 Å². The van der Waals surface area contributed by atoms with Gasteiger partial charge in [0.25, 0.3) is 10.1 Å². The third-order valence-corrected chi connectivity index (χ3v) is 0. The third-order valence-electron chi connectivity index (χ3n) is 0. The Bertz CT molecular complexity index is 116. The molecule has 4 heteroatoms. The van der Waals surface area contributed by atoms with Crippen LogP contribution in [0.4, 0.5) is 0 Å². The zero-order valence-electron chi connectivity index (χ0n) is 4.34. The predicted octanol–water partition coefficient (Wildman–Crippen LogP) is -0.496. The zero-order valence-corrected chi connectivity index (χ0v) is 3.16. The Morgan fingerprint density at radius 1 is 2.40 bits per heavy atom. The summed E-state index contributed by atoms with van der Waals surface area (Å²) in [5.41, 5.74) is 0. The van der Waals surface area contributed by atoms with E-state index in [-0.39, 0.29) is 0 Å². The summed E-state index contributed by atoms with van der Waals surface area (Å²) >= 11 is 0. The first-order valence-electron chi connectivity index (χ1n) is 1.90. The molecule has 0 spiro atoms. The minimum Gasteiger partial charge on any atom is -0.286 e. The van der Waals surface area contributed by atoms with Crippen LogP contribution in [0.15, 0.2) is 0 Å². The van der Waals surface area contributed by atoms with Gasteiger partial charge in [0.1, 0.15) is 0 Å². The standard InChI is InChI=1S/CH4O3S/c1-5(2,3)4/h1H3,(H,2,3,4)/i1D/hT. The molecule has 0 unspecified atom stereocenters. The van der Waals surface area contributed by atoms with Crippen molar-refractivity contribution in [2.75, 3.05) is 6.23 Å². The number of hydrogen-bond donors (Lipinski definition) is 1. The summed E-state index contributed by atoms with van der Waals surface area (Å²) < 4.78 is 34.6. The van der Waals surface area contributed by atoms with E-state index < -0.39 is 16.3 Å². The van der Waals surface area contributed by atoms with Crippen molar-refractivity contribution >= 4 is 10.1 Å². The first-order chi connectivity index (χ1) is 3.12. The molecule has 0 aliphatic carbocycles. The average molecular weight is 99.1 g/mol. The Morgan fingerprint density at radius 2 is 3.00 bits per heavy atom. The van der Waals surface area contributed by atoms with Crippen molar-refractivity contribution in [1.29, 1.82) is 1.43 Å². The van der Waals surface area contributed by atoms with Gasteiger partial charge in [-0.05, 0) is 0 Å². The fourth-order valence-electron chi connectivity index (χ4n) is 0. The highest BCUT2D eigenvalue weighted by Crippen LogP contribution is 1.60. The van der Waals surface area contributed by atoms with Gasteiger partial charge in [-0.2, -0.15) is 8.42 Å². The third kappa shape index (κ3) is 1760. The van der Waals surface area contributed by atoms with Gasteiger partial charge >= 0.3 is 0 Å². The highest BCUT2D eigenvalue weighted by Gasteiger charge is 1.81. The van der Waals surface area contributed by atoms with Gasteiger partial charge in [-0.3, -0.25) is 4.56 Å². The maximum atomic E-state index is 9.77. The summed E-state index contributed by atoms with van der Waals surface area (Å²) in [5.74, 6) is 0. The van der Waals surface area contributed by atoms with Crippen molar-refractivity contribution in [3.05, 3.63) is 0 Å². The lowest BCUT2D eigenvalue weighted by Gasteiger charge is -1.69. The lowest BCUT2D eigenvalue weighted by molar-refractivity contribution is 0.490. The van der Waals surface area contributed by atoms with Gasteiger partial charge in [-0.25, -0.2) is 0 Å². The van der Waals surface area contributed by atoms with Crippen molar-refractivity contribution < 1.29 is 14.3 Å². The van der Waals surface area contributed by atoms with Crippen LogP contribution in [0.1, 0.15) is 1.37 Å². The topological polar surface area (TPSA) is 54.4 Å². The molecule has 5 heavy (non-hydrogen) atoms. The highest BCUT2D eigenvalue weighted by molar-refractivity contribution is 7.85. The Kier molecular flexibility index (Phi) is 0.407. The molecule has 1 N–H and O–H groups in total. The Morgan fingerprint density at radius 3 is 3.00 bits per heavy atom. The minimum atomic E-state index is -3.82. The molecule has 0 aliphatic rings. The van der Waals surface area contributed by atoms with Crippen LogP contribution in [0.25, 0.3) is 1.43 Å². The molecule has 0 radical (unpaired) electrons.